The van der Waals surface area contributed by atoms with Gasteiger partial charge in [-0.2, -0.15) is 0 Å². The van der Waals surface area contributed by atoms with Gasteiger partial charge in [0.1, 0.15) is 18.3 Å². The van der Waals surface area contributed by atoms with Crippen LogP contribution in [0, 0.1) is 11.3 Å². The Kier molecular flexibility index (Phi) is 6.75. The van der Waals surface area contributed by atoms with Gasteiger partial charge in [-0.3, -0.25) is 14.4 Å². The van der Waals surface area contributed by atoms with Crippen LogP contribution in [0.25, 0.3) is 0 Å². The van der Waals surface area contributed by atoms with Gasteiger partial charge in [0.15, 0.2) is 17.3 Å². The number of carbonyl (C=O) groups is 4. The molecule has 11 atom stereocenters. The van der Waals surface area contributed by atoms with E-state index in [9.17, 15) is 34.5 Å². The van der Waals surface area contributed by atoms with Gasteiger partial charge in [0.05, 0.1) is 23.2 Å². The van der Waals surface area contributed by atoms with E-state index in [1.807, 2.05) is 0 Å². The second kappa shape index (κ2) is 9.00. The molecule has 38 heavy (non-hydrogen) atoms. The molecule has 0 aromatic heterocycles. The summed E-state index contributed by atoms with van der Waals surface area (Å²) in [7, 11) is 0. The molecule has 3 fully saturated rings. The monoisotopic (exact) mass is 540 g/mol. The van der Waals surface area contributed by atoms with Gasteiger partial charge in [0, 0.05) is 39.5 Å². The summed E-state index contributed by atoms with van der Waals surface area (Å²) in [6.45, 7) is 9.46. The van der Waals surface area contributed by atoms with E-state index in [0.29, 0.717) is 5.57 Å². The highest BCUT2D eigenvalue weighted by Crippen LogP contribution is 2.66. The van der Waals surface area contributed by atoms with Crippen LogP contribution in [-0.4, -0.2) is 92.6 Å². The average molecular weight is 541 g/mol. The van der Waals surface area contributed by atoms with Crippen LogP contribution in [0.5, 0.6) is 0 Å². The lowest BCUT2D eigenvalue weighted by Crippen LogP contribution is -2.72. The van der Waals surface area contributed by atoms with Crippen LogP contribution in [0.1, 0.15) is 61.3 Å². The summed E-state index contributed by atoms with van der Waals surface area (Å²) in [6.07, 6.45) is -6.62. The van der Waals surface area contributed by atoms with E-state index in [1.165, 1.54) is 33.8 Å². The molecular formula is C26H36O12. The minimum Gasteiger partial charge on any atom is -0.462 e. The van der Waals surface area contributed by atoms with E-state index >= 15 is 0 Å². The number of hydrogen-bond acceptors (Lipinski definition) is 12. The summed E-state index contributed by atoms with van der Waals surface area (Å²) in [5.41, 5.74) is -6.51. The van der Waals surface area contributed by atoms with Crippen molar-refractivity contribution in [2.45, 2.75) is 115 Å². The number of carbonyl (C=O) groups excluding carboxylic acids is 4. The molecule has 212 valence electrons. The standard InChI is InChI=1S/C26H36O12/c1-11-8-19-26(25(7,38-26)22(32)37-19)21(36-14(4)29)20-23(5,17(9-15(11)30)34-12(2)27)18(35-13(3)28)10-16(31)24(20,6)33/h8,15-21,30-31,33H,9-10H2,1-7H3/b11-8-/t15-,16+,17+,18+,19+,20-,21+,23+,24-,25+,26+/m1/s1. The van der Waals surface area contributed by atoms with Crippen LogP contribution < -0.4 is 0 Å². The number of ether oxygens (including phenoxy) is 5. The molecule has 0 bridgehead atoms. The molecule has 2 aliphatic carbocycles. The number of aliphatic hydroxyl groups excluding tert-OH is 2. The highest BCUT2D eigenvalue weighted by atomic mass is 16.7. The predicted molar refractivity (Wildman–Crippen MR) is 126 cm³/mol. The third kappa shape index (κ3) is 3.95. The van der Waals surface area contributed by atoms with E-state index in [2.05, 4.69) is 0 Å². The SMILES string of the molecule is CC(=O)O[C@H]1C[C@@H](O)/C(C)=C\[C@@H]2OC(=O)[C@]3(C)O[C@]23[C@@H](OC(C)=O)[C@H]2[C@](C)(O)[C@@H](O)C[C@H](OC(C)=O)[C@]12C. The molecule has 0 aromatic rings. The molecule has 2 heterocycles. The zero-order valence-corrected chi connectivity index (χ0v) is 22.5. The maximum absolute atomic E-state index is 13.0. The molecule has 4 rings (SSSR count). The lowest BCUT2D eigenvalue weighted by atomic mass is 9.51. The first-order valence-electron chi connectivity index (χ1n) is 12.6. The molecule has 1 spiro atoms. The van der Waals surface area contributed by atoms with Crippen molar-refractivity contribution in [1.82, 2.24) is 0 Å². The predicted octanol–water partition coefficient (Wildman–Crippen LogP) is 0.0836. The Labute approximate surface area is 220 Å². The molecule has 12 nitrogen and oxygen atoms in total. The summed E-state index contributed by atoms with van der Waals surface area (Å²) in [5.74, 6) is -4.27. The van der Waals surface area contributed by atoms with Crippen LogP contribution in [0.15, 0.2) is 11.6 Å². The molecule has 1 saturated carbocycles. The molecule has 2 saturated heterocycles. The van der Waals surface area contributed by atoms with E-state index < -0.39 is 88.6 Å². The molecule has 0 unspecified atom stereocenters. The van der Waals surface area contributed by atoms with Crippen molar-refractivity contribution in [3.63, 3.8) is 0 Å². The van der Waals surface area contributed by atoms with Crippen molar-refractivity contribution in [1.29, 1.82) is 0 Å². The summed E-state index contributed by atoms with van der Waals surface area (Å²) in [6, 6.07) is 0. The van der Waals surface area contributed by atoms with Gasteiger partial charge in [-0.15, -0.1) is 0 Å². The second-order valence-corrected chi connectivity index (χ2v) is 11.5. The number of rotatable bonds is 3. The first kappa shape index (κ1) is 28.5. The van der Waals surface area contributed by atoms with Crippen LogP contribution in [0.4, 0.5) is 0 Å². The smallest absolute Gasteiger partial charge is 0.342 e. The van der Waals surface area contributed by atoms with Crippen molar-refractivity contribution in [2.24, 2.45) is 11.3 Å². The zero-order valence-electron chi connectivity index (χ0n) is 22.5. The minimum atomic E-state index is -2.05. The Bertz CT molecular complexity index is 1080. The Hall–Kier alpha value is -2.54. The maximum Gasteiger partial charge on any atom is 0.342 e. The van der Waals surface area contributed by atoms with Gasteiger partial charge in [0.2, 0.25) is 0 Å². The first-order valence-corrected chi connectivity index (χ1v) is 12.6. The van der Waals surface area contributed by atoms with Crippen LogP contribution in [0.2, 0.25) is 0 Å². The molecule has 2 aliphatic heterocycles. The molecule has 0 aromatic carbocycles. The molecule has 3 N–H and O–H groups in total. The van der Waals surface area contributed by atoms with Crippen LogP contribution in [-0.2, 0) is 42.9 Å². The summed E-state index contributed by atoms with van der Waals surface area (Å²) >= 11 is 0. The molecule has 4 aliphatic rings. The third-order valence-electron chi connectivity index (χ3n) is 8.93. The van der Waals surface area contributed by atoms with Gasteiger partial charge in [-0.05, 0) is 32.4 Å². The molecule has 0 amide bonds. The molecule has 12 heteroatoms. The lowest BCUT2D eigenvalue weighted by molar-refractivity contribution is -0.275. The number of esters is 4. The van der Waals surface area contributed by atoms with Gasteiger partial charge < -0.3 is 39.0 Å². The second-order valence-electron chi connectivity index (χ2n) is 11.5. The fourth-order valence-electron chi connectivity index (χ4n) is 6.91. The molecule has 0 radical (unpaired) electrons. The van der Waals surface area contributed by atoms with Crippen molar-refractivity contribution in [3.8, 4) is 0 Å². The van der Waals surface area contributed by atoms with E-state index in [1.54, 1.807) is 13.8 Å². The van der Waals surface area contributed by atoms with Crippen molar-refractivity contribution < 1.29 is 58.2 Å². The van der Waals surface area contributed by atoms with E-state index in [4.69, 9.17) is 23.7 Å². The van der Waals surface area contributed by atoms with Crippen LogP contribution in [0.3, 0.4) is 0 Å². The number of hydrogen-bond donors (Lipinski definition) is 3. The summed E-state index contributed by atoms with van der Waals surface area (Å²) < 4.78 is 28.9. The average Bonchev–Trinajstić information content (AvgIpc) is 3.36. The Balaban J connectivity index is 2.06. The van der Waals surface area contributed by atoms with Gasteiger partial charge in [-0.25, -0.2) is 4.79 Å². The van der Waals surface area contributed by atoms with Gasteiger partial charge >= 0.3 is 23.9 Å². The van der Waals surface area contributed by atoms with E-state index in [-0.39, 0.29) is 12.8 Å². The van der Waals surface area contributed by atoms with Crippen molar-refractivity contribution >= 4 is 23.9 Å². The largest absolute Gasteiger partial charge is 0.462 e. The Morgan fingerprint density at radius 2 is 1.47 bits per heavy atom. The van der Waals surface area contributed by atoms with E-state index in [0.717, 1.165) is 6.92 Å². The number of fused-ring (bicyclic) bond motifs is 1. The molecular weight excluding hydrogens is 504 g/mol. The summed E-state index contributed by atoms with van der Waals surface area (Å²) in [5, 5.41) is 34.2. The van der Waals surface area contributed by atoms with Crippen LogP contribution >= 0.6 is 0 Å². The highest BCUT2D eigenvalue weighted by Gasteiger charge is 2.88. The Morgan fingerprint density at radius 1 is 0.947 bits per heavy atom. The summed E-state index contributed by atoms with van der Waals surface area (Å²) in [4.78, 5) is 50.0. The normalized spacial score (nSPS) is 49.2. The zero-order chi connectivity index (χ0) is 28.6. The third-order valence-corrected chi connectivity index (χ3v) is 8.93. The van der Waals surface area contributed by atoms with Gasteiger partial charge in [0.25, 0.3) is 0 Å². The number of epoxide rings is 1. The fraction of sp³-hybridized carbons (Fsp3) is 0.769. The maximum atomic E-state index is 13.0. The quantitative estimate of drug-likeness (QED) is 0.190. The highest BCUT2D eigenvalue weighted by molar-refractivity contribution is 5.89. The topological polar surface area (TPSA) is 178 Å². The van der Waals surface area contributed by atoms with Crippen molar-refractivity contribution in [3.05, 3.63) is 11.6 Å². The lowest BCUT2D eigenvalue weighted by Gasteiger charge is -2.59. The fourth-order valence-corrected chi connectivity index (χ4v) is 6.91. The van der Waals surface area contributed by atoms with Crippen molar-refractivity contribution in [2.75, 3.05) is 0 Å². The first-order chi connectivity index (χ1) is 17.4. The van der Waals surface area contributed by atoms with Gasteiger partial charge in [-0.1, -0.05) is 6.92 Å². The number of aliphatic hydroxyl groups is 3. The Morgan fingerprint density at radius 3 is 1.97 bits per heavy atom. The minimum absolute atomic E-state index is 0.197.